The molecule has 116 valence electrons. The molecule has 2 aromatic heterocycles. The Bertz CT molecular complexity index is 753. The van der Waals surface area contributed by atoms with Gasteiger partial charge in [-0.25, -0.2) is 9.78 Å². The van der Waals surface area contributed by atoms with Crippen molar-refractivity contribution >= 4 is 11.2 Å². The molecule has 2 aromatic rings. The highest BCUT2D eigenvalue weighted by atomic mass is 16.2. The molecular formula is C14H23N5O2. The van der Waals surface area contributed by atoms with Gasteiger partial charge in [-0.1, -0.05) is 6.92 Å². The molecule has 2 rings (SSSR count). The van der Waals surface area contributed by atoms with Crippen molar-refractivity contribution in [2.75, 3.05) is 6.54 Å². The molecule has 0 saturated carbocycles. The molecule has 0 spiro atoms. The summed E-state index contributed by atoms with van der Waals surface area (Å²) in [5.74, 6) is 0.836. The highest BCUT2D eigenvalue weighted by molar-refractivity contribution is 5.71. The second-order valence-electron chi connectivity index (χ2n) is 4.92. The number of hydrogen-bond acceptors (Lipinski definition) is 4. The number of aryl methyl sites for hydroxylation is 3. The van der Waals surface area contributed by atoms with Crippen molar-refractivity contribution in [3.63, 3.8) is 0 Å². The molecule has 0 unspecified atom stereocenters. The van der Waals surface area contributed by atoms with E-state index >= 15 is 0 Å². The van der Waals surface area contributed by atoms with Gasteiger partial charge in [0.25, 0.3) is 5.56 Å². The lowest BCUT2D eigenvalue weighted by Crippen LogP contribution is -2.40. The number of nitrogens with zero attached hydrogens (tertiary/aromatic N) is 4. The smallest absolute Gasteiger partial charge is 0.330 e. The summed E-state index contributed by atoms with van der Waals surface area (Å²) in [7, 11) is 0. The Morgan fingerprint density at radius 1 is 1.05 bits per heavy atom. The van der Waals surface area contributed by atoms with Crippen LogP contribution < -0.4 is 17.0 Å². The minimum Gasteiger partial charge on any atom is -0.330 e. The zero-order valence-corrected chi connectivity index (χ0v) is 12.9. The van der Waals surface area contributed by atoms with Gasteiger partial charge >= 0.3 is 5.69 Å². The molecule has 0 aromatic carbocycles. The van der Waals surface area contributed by atoms with Crippen molar-refractivity contribution in [2.24, 2.45) is 5.73 Å². The van der Waals surface area contributed by atoms with Crippen LogP contribution in [-0.4, -0.2) is 25.2 Å². The van der Waals surface area contributed by atoms with E-state index in [2.05, 4.69) is 4.98 Å². The van der Waals surface area contributed by atoms with Crippen LogP contribution >= 0.6 is 0 Å². The van der Waals surface area contributed by atoms with Gasteiger partial charge in [-0.15, -0.1) is 0 Å². The molecule has 0 atom stereocenters. The molecule has 0 amide bonds. The standard InChI is InChI=1S/C14H23N5O2/c1-4-10-16-12-11(17(10)5-2)13(20)19(9-7-8-15)14(21)18(12)6-3/h4-9,15H2,1-3H3. The van der Waals surface area contributed by atoms with Gasteiger partial charge in [-0.2, -0.15) is 0 Å². The molecule has 2 heterocycles. The Morgan fingerprint density at radius 2 is 1.71 bits per heavy atom. The molecule has 0 saturated heterocycles. The molecule has 0 aliphatic heterocycles. The summed E-state index contributed by atoms with van der Waals surface area (Å²) < 4.78 is 4.76. The first-order valence-electron chi connectivity index (χ1n) is 7.53. The molecular weight excluding hydrogens is 270 g/mol. The molecule has 0 radical (unpaired) electrons. The topological polar surface area (TPSA) is 87.8 Å². The molecule has 7 nitrogen and oxygen atoms in total. The van der Waals surface area contributed by atoms with E-state index in [4.69, 9.17) is 5.73 Å². The van der Waals surface area contributed by atoms with Crippen molar-refractivity contribution in [1.29, 1.82) is 0 Å². The summed E-state index contributed by atoms with van der Waals surface area (Å²) >= 11 is 0. The van der Waals surface area contributed by atoms with Crippen LogP contribution in [-0.2, 0) is 26.1 Å². The van der Waals surface area contributed by atoms with Crippen LogP contribution in [0.3, 0.4) is 0 Å². The third-order valence-electron chi connectivity index (χ3n) is 3.73. The van der Waals surface area contributed by atoms with Crippen molar-refractivity contribution in [2.45, 2.75) is 53.2 Å². The molecule has 2 N–H and O–H groups in total. The molecule has 7 heteroatoms. The van der Waals surface area contributed by atoms with Gasteiger partial charge < -0.3 is 10.3 Å². The first-order chi connectivity index (χ1) is 10.1. The van der Waals surface area contributed by atoms with E-state index in [0.717, 1.165) is 12.2 Å². The molecule has 0 aliphatic carbocycles. The minimum absolute atomic E-state index is 0.262. The normalized spacial score (nSPS) is 11.4. The summed E-state index contributed by atoms with van der Waals surface area (Å²) in [6, 6.07) is 0. The quantitative estimate of drug-likeness (QED) is 0.830. The summed E-state index contributed by atoms with van der Waals surface area (Å²) in [5.41, 5.74) is 5.96. The zero-order valence-electron chi connectivity index (χ0n) is 12.9. The van der Waals surface area contributed by atoms with Crippen molar-refractivity contribution in [1.82, 2.24) is 18.7 Å². The number of nitrogens with two attached hydrogens (primary N) is 1. The second kappa shape index (κ2) is 6.26. The number of aromatic nitrogens is 4. The maximum Gasteiger partial charge on any atom is 0.332 e. The van der Waals surface area contributed by atoms with E-state index in [1.54, 1.807) is 4.57 Å². The summed E-state index contributed by atoms with van der Waals surface area (Å²) in [5, 5.41) is 0. The van der Waals surface area contributed by atoms with Gasteiger partial charge in [-0.3, -0.25) is 13.9 Å². The lowest BCUT2D eigenvalue weighted by atomic mass is 10.4. The van der Waals surface area contributed by atoms with E-state index in [1.165, 1.54) is 4.57 Å². The fourth-order valence-corrected chi connectivity index (χ4v) is 2.68. The molecule has 0 fully saturated rings. The van der Waals surface area contributed by atoms with Crippen molar-refractivity contribution in [3.8, 4) is 0 Å². The Morgan fingerprint density at radius 3 is 2.24 bits per heavy atom. The Kier molecular flexibility index (Phi) is 4.62. The summed E-state index contributed by atoms with van der Waals surface area (Å²) in [6.07, 6.45) is 1.33. The van der Waals surface area contributed by atoms with Crippen LogP contribution in [0.1, 0.15) is 33.0 Å². The maximum atomic E-state index is 12.7. The van der Waals surface area contributed by atoms with Crippen molar-refractivity contribution < 1.29 is 0 Å². The van der Waals surface area contributed by atoms with E-state index in [9.17, 15) is 9.59 Å². The lowest BCUT2D eigenvalue weighted by molar-refractivity contribution is 0.559. The third-order valence-corrected chi connectivity index (χ3v) is 3.73. The number of rotatable bonds is 6. The fourth-order valence-electron chi connectivity index (χ4n) is 2.68. The van der Waals surface area contributed by atoms with Gasteiger partial charge in [0.15, 0.2) is 11.2 Å². The SMILES string of the molecule is CCc1nc2c(c(=O)n(CCCN)c(=O)n2CC)n1CC. The predicted molar refractivity (Wildman–Crippen MR) is 82.7 cm³/mol. The maximum absolute atomic E-state index is 12.7. The fraction of sp³-hybridized carbons (Fsp3) is 0.643. The molecule has 0 bridgehead atoms. The predicted octanol–water partition coefficient (Wildman–Crippen LogP) is 0.311. The Balaban J connectivity index is 2.89. The number of imidazole rings is 1. The minimum atomic E-state index is -0.299. The average Bonchev–Trinajstić information content (AvgIpc) is 2.86. The van der Waals surface area contributed by atoms with E-state index in [0.29, 0.717) is 43.8 Å². The van der Waals surface area contributed by atoms with Gasteiger partial charge in [0, 0.05) is 26.1 Å². The first-order valence-corrected chi connectivity index (χ1v) is 7.53. The van der Waals surface area contributed by atoms with Gasteiger partial charge in [0.2, 0.25) is 0 Å². The van der Waals surface area contributed by atoms with Gasteiger partial charge in [0.1, 0.15) is 5.82 Å². The summed E-state index contributed by atoms with van der Waals surface area (Å²) in [6.45, 7) is 7.80. The monoisotopic (exact) mass is 293 g/mol. The van der Waals surface area contributed by atoms with Crippen LogP contribution in [0.15, 0.2) is 9.59 Å². The Labute approximate surface area is 123 Å². The molecule has 21 heavy (non-hydrogen) atoms. The molecule has 0 aliphatic rings. The number of hydrogen-bond donors (Lipinski definition) is 1. The van der Waals surface area contributed by atoms with Crippen LogP contribution in [0.4, 0.5) is 0 Å². The van der Waals surface area contributed by atoms with Crippen LogP contribution in [0.2, 0.25) is 0 Å². The van der Waals surface area contributed by atoms with Gasteiger partial charge in [-0.05, 0) is 26.8 Å². The third kappa shape index (κ3) is 2.42. The summed E-state index contributed by atoms with van der Waals surface area (Å²) in [4.78, 5) is 29.7. The van der Waals surface area contributed by atoms with Crippen molar-refractivity contribution in [3.05, 3.63) is 26.7 Å². The second-order valence-corrected chi connectivity index (χ2v) is 4.92. The van der Waals surface area contributed by atoms with E-state index < -0.39 is 0 Å². The highest BCUT2D eigenvalue weighted by Crippen LogP contribution is 2.12. The van der Waals surface area contributed by atoms with Gasteiger partial charge in [0.05, 0.1) is 0 Å². The van der Waals surface area contributed by atoms with E-state index in [-0.39, 0.29) is 11.2 Å². The van der Waals surface area contributed by atoms with E-state index in [1.807, 2.05) is 25.3 Å². The van der Waals surface area contributed by atoms with Crippen LogP contribution in [0, 0.1) is 0 Å². The first kappa shape index (κ1) is 15.5. The van der Waals surface area contributed by atoms with Crippen LogP contribution in [0.5, 0.6) is 0 Å². The zero-order chi connectivity index (χ0) is 15.6. The Hall–Kier alpha value is -1.89. The van der Waals surface area contributed by atoms with Crippen LogP contribution in [0.25, 0.3) is 11.2 Å². The average molecular weight is 293 g/mol. The largest absolute Gasteiger partial charge is 0.332 e. The lowest BCUT2D eigenvalue weighted by Gasteiger charge is -2.10. The number of fused-ring (bicyclic) bond motifs is 1. The highest BCUT2D eigenvalue weighted by Gasteiger charge is 2.19.